The lowest BCUT2D eigenvalue weighted by Gasteiger charge is -2.63. The minimum Gasteiger partial charge on any atom is -0.442 e. The van der Waals surface area contributed by atoms with Crippen LogP contribution in [-0.2, 0) is 14.2 Å². The Morgan fingerprint density at radius 1 is 0.500 bits per heavy atom. The van der Waals surface area contributed by atoms with E-state index in [-0.39, 0.29) is 5.92 Å². The lowest BCUT2D eigenvalue weighted by molar-refractivity contribution is -0.247. The van der Waals surface area contributed by atoms with Crippen LogP contribution in [0.2, 0.25) is 0 Å². The van der Waals surface area contributed by atoms with Gasteiger partial charge in [-0.15, -0.1) is 0 Å². The summed E-state index contributed by atoms with van der Waals surface area (Å²) in [5.41, 5.74) is -1.05. The fourth-order valence-corrected chi connectivity index (χ4v) is 7.10. The molecule has 9 heteroatoms. The Bertz CT molecular complexity index is 1210. The molecule has 0 radical (unpaired) electrons. The summed E-state index contributed by atoms with van der Waals surface area (Å²) in [6.45, 7) is 0. The molecule has 0 aromatic heterocycles. The average molecular weight is 542 g/mol. The van der Waals surface area contributed by atoms with E-state index in [0.717, 1.165) is 0 Å². The molecule has 3 N–H and O–H groups in total. The first-order chi connectivity index (χ1) is 19.3. The molecule has 0 heterocycles. The Morgan fingerprint density at radius 2 is 0.775 bits per heavy atom. The van der Waals surface area contributed by atoms with Gasteiger partial charge in [0.2, 0.25) is 0 Å². The number of ether oxygens (including phenoxy) is 3. The average Bonchev–Trinajstić information content (AvgIpc) is 2.88. The molecule has 3 amide bonds. The Labute approximate surface area is 232 Å². The first kappa shape index (κ1) is 25.7. The fourth-order valence-electron chi connectivity index (χ4n) is 7.10. The number of nitrogens with one attached hydrogen (secondary N) is 3. The zero-order valence-corrected chi connectivity index (χ0v) is 21.9. The molecule has 0 atom stereocenters. The first-order valence-electron chi connectivity index (χ1n) is 13.5. The number of amides is 3. The second kappa shape index (κ2) is 10.2. The smallest absolute Gasteiger partial charge is 0.412 e. The van der Waals surface area contributed by atoms with E-state index in [1.165, 1.54) is 0 Å². The van der Waals surface area contributed by atoms with Crippen molar-refractivity contribution >= 4 is 35.3 Å². The third-order valence-corrected chi connectivity index (χ3v) is 7.90. The van der Waals surface area contributed by atoms with E-state index in [4.69, 9.17) is 14.2 Å². The quantitative estimate of drug-likeness (QED) is 0.291. The summed E-state index contributed by atoms with van der Waals surface area (Å²) in [6, 6.07) is 27.2. The van der Waals surface area contributed by atoms with Crippen molar-refractivity contribution in [2.24, 2.45) is 5.92 Å². The SMILES string of the molecule is O=C(Nc1ccccc1)OC12CC3CC(OC(=O)Nc4ccccc4)(C1)CC(OC(=O)Nc1ccccc1)(C3)C2. The highest BCUT2D eigenvalue weighted by molar-refractivity contribution is 5.86. The number of hydrogen-bond acceptors (Lipinski definition) is 6. The van der Waals surface area contributed by atoms with E-state index >= 15 is 0 Å². The molecule has 0 aliphatic heterocycles. The Hall–Kier alpha value is -4.53. The predicted molar refractivity (Wildman–Crippen MR) is 149 cm³/mol. The molecular formula is C31H31N3O6. The number of para-hydroxylation sites is 3. The van der Waals surface area contributed by atoms with Gasteiger partial charge in [0, 0.05) is 36.3 Å². The van der Waals surface area contributed by atoms with Gasteiger partial charge in [0.1, 0.15) is 16.8 Å². The molecule has 9 nitrogen and oxygen atoms in total. The summed E-state index contributed by atoms with van der Waals surface area (Å²) in [5, 5.41) is 8.36. The monoisotopic (exact) mass is 541 g/mol. The van der Waals surface area contributed by atoms with Gasteiger partial charge >= 0.3 is 18.3 Å². The lowest BCUT2D eigenvalue weighted by atomic mass is 9.50. The lowest BCUT2D eigenvalue weighted by Crippen LogP contribution is -2.69. The van der Waals surface area contributed by atoms with Gasteiger partial charge in [-0.3, -0.25) is 16.0 Å². The highest BCUT2D eigenvalue weighted by atomic mass is 16.6. The molecule has 4 fully saturated rings. The van der Waals surface area contributed by atoms with Crippen molar-refractivity contribution < 1.29 is 28.6 Å². The molecule has 4 saturated carbocycles. The molecule has 40 heavy (non-hydrogen) atoms. The number of anilines is 3. The Kier molecular flexibility index (Phi) is 6.57. The maximum Gasteiger partial charge on any atom is 0.412 e. The molecule has 0 unspecified atom stereocenters. The van der Waals surface area contributed by atoms with Crippen LogP contribution in [0.25, 0.3) is 0 Å². The van der Waals surface area contributed by atoms with Gasteiger partial charge in [0.25, 0.3) is 0 Å². The van der Waals surface area contributed by atoms with Gasteiger partial charge in [-0.25, -0.2) is 14.4 Å². The van der Waals surface area contributed by atoms with Crippen molar-refractivity contribution in [1.82, 2.24) is 0 Å². The molecule has 4 bridgehead atoms. The van der Waals surface area contributed by atoms with E-state index in [9.17, 15) is 14.4 Å². The van der Waals surface area contributed by atoms with Crippen LogP contribution in [0.5, 0.6) is 0 Å². The number of carbonyl (C=O) groups is 3. The van der Waals surface area contributed by atoms with Gasteiger partial charge < -0.3 is 14.2 Å². The van der Waals surface area contributed by atoms with Crippen LogP contribution in [-0.4, -0.2) is 35.1 Å². The van der Waals surface area contributed by atoms with Crippen LogP contribution in [0.4, 0.5) is 31.4 Å². The summed E-state index contributed by atoms with van der Waals surface area (Å²) in [5.74, 6) is 0.0369. The number of hydrogen-bond donors (Lipinski definition) is 3. The molecular weight excluding hydrogens is 510 g/mol. The van der Waals surface area contributed by atoms with E-state index in [0.29, 0.717) is 55.6 Å². The van der Waals surface area contributed by atoms with Gasteiger partial charge in [0.05, 0.1) is 0 Å². The summed E-state index contributed by atoms with van der Waals surface area (Å²) < 4.78 is 18.4. The summed E-state index contributed by atoms with van der Waals surface area (Å²) in [6.07, 6.45) is 0.998. The van der Waals surface area contributed by atoms with Crippen molar-refractivity contribution in [3.63, 3.8) is 0 Å². The molecule has 3 aromatic rings. The fraction of sp³-hybridized carbons (Fsp3) is 0.323. The number of carbonyl (C=O) groups excluding carboxylic acids is 3. The number of rotatable bonds is 6. The molecule has 4 aliphatic carbocycles. The van der Waals surface area contributed by atoms with Gasteiger partial charge in [-0.05, 0) is 61.6 Å². The van der Waals surface area contributed by atoms with Crippen molar-refractivity contribution in [3.05, 3.63) is 91.0 Å². The van der Waals surface area contributed by atoms with Crippen LogP contribution >= 0.6 is 0 Å². The minimum atomic E-state index is -0.960. The normalized spacial score (nSPS) is 27.8. The first-order valence-corrected chi connectivity index (χ1v) is 13.5. The van der Waals surface area contributed by atoms with Crippen molar-refractivity contribution in [1.29, 1.82) is 0 Å². The van der Waals surface area contributed by atoms with Crippen LogP contribution in [0, 0.1) is 5.92 Å². The zero-order valence-electron chi connectivity index (χ0n) is 21.9. The van der Waals surface area contributed by atoms with Crippen LogP contribution in [0.1, 0.15) is 38.5 Å². The predicted octanol–water partition coefficient (Wildman–Crippen LogP) is 6.95. The minimum absolute atomic E-state index is 0.0369. The Balaban J connectivity index is 1.24. The molecule has 3 aromatic carbocycles. The molecule has 0 saturated heterocycles. The zero-order chi connectivity index (χ0) is 27.6. The topological polar surface area (TPSA) is 115 Å². The van der Waals surface area contributed by atoms with Gasteiger partial charge in [-0.2, -0.15) is 0 Å². The summed E-state index contributed by atoms with van der Waals surface area (Å²) in [4.78, 5) is 39.2. The maximum absolute atomic E-state index is 13.1. The number of benzene rings is 3. The highest BCUT2D eigenvalue weighted by Gasteiger charge is 2.68. The van der Waals surface area contributed by atoms with Crippen molar-refractivity contribution in [3.8, 4) is 0 Å². The van der Waals surface area contributed by atoms with Crippen molar-refractivity contribution in [2.45, 2.75) is 55.3 Å². The second-order valence-corrected chi connectivity index (χ2v) is 11.2. The van der Waals surface area contributed by atoms with E-state index in [2.05, 4.69) is 16.0 Å². The van der Waals surface area contributed by atoms with Gasteiger partial charge in [-0.1, -0.05) is 54.6 Å². The van der Waals surface area contributed by atoms with Crippen LogP contribution in [0.15, 0.2) is 91.0 Å². The Morgan fingerprint density at radius 3 is 1.05 bits per heavy atom. The summed E-state index contributed by atoms with van der Waals surface area (Å²) >= 11 is 0. The second-order valence-electron chi connectivity index (χ2n) is 11.2. The third-order valence-electron chi connectivity index (χ3n) is 7.90. The van der Waals surface area contributed by atoms with Crippen molar-refractivity contribution in [2.75, 3.05) is 16.0 Å². The van der Waals surface area contributed by atoms with Gasteiger partial charge in [0.15, 0.2) is 0 Å². The molecule has 4 aliphatic rings. The highest BCUT2D eigenvalue weighted by Crippen LogP contribution is 2.63. The van der Waals surface area contributed by atoms with Crippen LogP contribution in [0.3, 0.4) is 0 Å². The van der Waals surface area contributed by atoms with Crippen LogP contribution < -0.4 is 16.0 Å². The maximum atomic E-state index is 13.1. The largest absolute Gasteiger partial charge is 0.442 e. The molecule has 206 valence electrons. The third kappa shape index (κ3) is 5.59. The van der Waals surface area contributed by atoms with E-state index < -0.39 is 35.1 Å². The molecule has 7 rings (SSSR count). The summed E-state index contributed by atoms with van der Waals surface area (Å²) in [7, 11) is 0. The standard InChI is InChI=1S/C31H31N3O6/c35-26(32-23-10-4-1-5-11-23)38-29-16-22-17-30(19-29,39-27(36)33-24-12-6-2-7-13-24)21-31(18-22,20-29)40-28(37)34-25-14-8-3-9-15-25/h1-15,22H,16-21H2,(H,32,35)(H,33,36)(H,34,37). The van der Waals surface area contributed by atoms with E-state index in [1.54, 1.807) is 36.4 Å². The molecule has 0 spiro atoms. The van der Waals surface area contributed by atoms with E-state index in [1.807, 2.05) is 54.6 Å².